The second kappa shape index (κ2) is 6.11. The predicted molar refractivity (Wildman–Crippen MR) is 80.2 cm³/mol. The Hall–Kier alpha value is -0.120. The largest absolute Gasteiger partial charge is 0.380 e. The van der Waals surface area contributed by atoms with Gasteiger partial charge in [0.15, 0.2) is 0 Å². The minimum absolute atomic E-state index is 0.259. The fraction of sp³-hybridized carbons (Fsp3) is 1.00. The summed E-state index contributed by atoms with van der Waals surface area (Å²) in [5.41, 5.74) is 6.90. The molecule has 0 aromatic heterocycles. The molecule has 1 aliphatic carbocycles. The number of nitrogens with zero attached hydrogens (tertiary/aromatic N) is 1. The van der Waals surface area contributed by atoms with Gasteiger partial charge in [0.25, 0.3) is 0 Å². The van der Waals surface area contributed by atoms with E-state index in [0.717, 1.165) is 45.2 Å². The summed E-state index contributed by atoms with van der Waals surface area (Å²) in [6, 6.07) is 0. The van der Waals surface area contributed by atoms with E-state index in [1.165, 1.54) is 25.7 Å². The van der Waals surface area contributed by atoms with Crippen LogP contribution in [0.4, 0.5) is 0 Å². The van der Waals surface area contributed by atoms with Crippen LogP contribution in [-0.2, 0) is 4.74 Å². The van der Waals surface area contributed by atoms with E-state index in [-0.39, 0.29) is 5.54 Å². The highest BCUT2D eigenvalue weighted by atomic mass is 16.5. The predicted octanol–water partition coefficient (Wildman–Crippen LogP) is 2.64. The average Bonchev–Trinajstić information content (AvgIpc) is 2.67. The van der Waals surface area contributed by atoms with Crippen molar-refractivity contribution in [2.45, 2.75) is 58.4 Å². The van der Waals surface area contributed by atoms with Gasteiger partial charge in [-0.1, -0.05) is 20.8 Å². The normalized spacial score (nSPS) is 35.1. The van der Waals surface area contributed by atoms with Gasteiger partial charge in [0.2, 0.25) is 0 Å². The van der Waals surface area contributed by atoms with Crippen molar-refractivity contribution >= 4 is 0 Å². The Morgan fingerprint density at radius 1 is 1.16 bits per heavy atom. The molecule has 0 atom stereocenters. The molecule has 1 saturated heterocycles. The monoisotopic (exact) mass is 268 g/mol. The molecular formula is C16H32N2O. The molecule has 0 bridgehead atoms. The third-order valence-electron chi connectivity index (χ3n) is 5.41. The van der Waals surface area contributed by atoms with Gasteiger partial charge in [0.05, 0.1) is 6.61 Å². The zero-order valence-corrected chi connectivity index (χ0v) is 13.1. The van der Waals surface area contributed by atoms with Crippen LogP contribution in [0.3, 0.4) is 0 Å². The van der Waals surface area contributed by atoms with Crippen LogP contribution in [0.15, 0.2) is 0 Å². The third kappa shape index (κ3) is 3.50. The summed E-state index contributed by atoms with van der Waals surface area (Å²) < 4.78 is 5.60. The van der Waals surface area contributed by atoms with Gasteiger partial charge in [0, 0.05) is 31.8 Å². The van der Waals surface area contributed by atoms with Gasteiger partial charge < -0.3 is 10.5 Å². The molecule has 0 radical (unpaired) electrons. The Labute approximate surface area is 118 Å². The summed E-state index contributed by atoms with van der Waals surface area (Å²) in [4.78, 5) is 2.64. The first-order chi connectivity index (χ1) is 8.98. The van der Waals surface area contributed by atoms with Gasteiger partial charge in [-0.15, -0.1) is 0 Å². The van der Waals surface area contributed by atoms with Crippen molar-refractivity contribution in [2.75, 3.05) is 32.8 Å². The summed E-state index contributed by atoms with van der Waals surface area (Å²) >= 11 is 0. The first-order valence-corrected chi connectivity index (χ1v) is 8.01. The fourth-order valence-corrected chi connectivity index (χ4v) is 3.89. The highest BCUT2D eigenvalue weighted by Gasteiger charge is 2.41. The van der Waals surface area contributed by atoms with Crippen LogP contribution in [0.25, 0.3) is 0 Å². The average molecular weight is 268 g/mol. The standard InChI is InChI=1S/C16H32N2O/c1-15(2,3)14-5-7-16(13-17,8-6-14)18-9-4-11-19-12-10-18/h14H,4-13,17H2,1-3H3. The van der Waals surface area contributed by atoms with Crippen molar-refractivity contribution < 1.29 is 4.74 Å². The number of hydrogen-bond acceptors (Lipinski definition) is 3. The summed E-state index contributed by atoms with van der Waals surface area (Å²) in [7, 11) is 0. The summed E-state index contributed by atoms with van der Waals surface area (Å²) in [6.45, 7) is 12.0. The Balaban J connectivity index is 2.00. The van der Waals surface area contributed by atoms with Gasteiger partial charge >= 0.3 is 0 Å². The lowest BCUT2D eigenvalue weighted by Crippen LogP contribution is -2.57. The van der Waals surface area contributed by atoms with Gasteiger partial charge in [-0.25, -0.2) is 0 Å². The number of hydrogen-bond donors (Lipinski definition) is 1. The molecule has 0 unspecified atom stereocenters. The topological polar surface area (TPSA) is 38.5 Å². The molecule has 0 aromatic rings. The fourth-order valence-electron chi connectivity index (χ4n) is 3.89. The van der Waals surface area contributed by atoms with Crippen molar-refractivity contribution in [2.24, 2.45) is 17.1 Å². The maximum atomic E-state index is 6.19. The summed E-state index contributed by atoms with van der Waals surface area (Å²) in [6.07, 6.45) is 6.36. The maximum Gasteiger partial charge on any atom is 0.0593 e. The zero-order chi connectivity index (χ0) is 13.9. The van der Waals surface area contributed by atoms with E-state index in [0.29, 0.717) is 5.41 Å². The lowest BCUT2D eigenvalue weighted by Gasteiger charge is -2.49. The van der Waals surface area contributed by atoms with E-state index in [4.69, 9.17) is 10.5 Å². The van der Waals surface area contributed by atoms with E-state index in [9.17, 15) is 0 Å². The van der Waals surface area contributed by atoms with Crippen LogP contribution in [0.5, 0.6) is 0 Å². The molecule has 0 amide bonds. The van der Waals surface area contributed by atoms with E-state index in [2.05, 4.69) is 25.7 Å². The lowest BCUT2D eigenvalue weighted by molar-refractivity contribution is 0.0192. The Morgan fingerprint density at radius 3 is 2.42 bits per heavy atom. The van der Waals surface area contributed by atoms with Gasteiger partial charge in [-0.05, 0) is 43.4 Å². The number of nitrogens with two attached hydrogens (primary N) is 1. The van der Waals surface area contributed by atoms with E-state index < -0.39 is 0 Å². The second-order valence-corrected chi connectivity index (χ2v) is 7.52. The molecule has 2 rings (SSSR count). The van der Waals surface area contributed by atoms with Crippen molar-refractivity contribution in [3.8, 4) is 0 Å². The van der Waals surface area contributed by atoms with Crippen LogP contribution >= 0.6 is 0 Å². The van der Waals surface area contributed by atoms with Crippen molar-refractivity contribution in [3.05, 3.63) is 0 Å². The van der Waals surface area contributed by atoms with Crippen molar-refractivity contribution in [3.63, 3.8) is 0 Å². The van der Waals surface area contributed by atoms with Crippen molar-refractivity contribution in [1.29, 1.82) is 0 Å². The van der Waals surface area contributed by atoms with Crippen molar-refractivity contribution in [1.82, 2.24) is 4.90 Å². The smallest absolute Gasteiger partial charge is 0.0593 e. The Morgan fingerprint density at radius 2 is 1.84 bits per heavy atom. The lowest BCUT2D eigenvalue weighted by atomic mass is 9.66. The molecular weight excluding hydrogens is 236 g/mol. The highest BCUT2D eigenvalue weighted by molar-refractivity contribution is 4.97. The second-order valence-electron chi connectivity index (χ2n) is 7.52. The number of ether oxygens (including phenoxy) is 1. The minimum Gasteiger partial charge on any atom is -0.380 e. The summed E-state index contributed by atoms with van der Waals surface area (Å²) in [5.74, 6) is 0.857. The molecule has 19 heavy (non-hydrogen) atoms. The molecule has 112 valence electrons. The maximum absolute atomic E-state index is 6.19. The SMILES string of the molecule is CC(C)(C)C1CCC(CN)(N2CCCOCC2)CC1. The van der Waals surface area contributed by atoms with Gasteiger partial charge in [-0.2, -0.15) is 0 Å². The highest BCUT2D eigenvalue weighted by Crippen LogP contribution is 2.43. The van der Waals surface area contributed by atoms with Crippen LogP contribution in [0, 0.1) is 11.3 Å². The first-order valence-electron chi connectivity index (χ1n) is 8.01. The quantitative estimate of drug-likeness (QED) is 0.837. The molecule has 2 aliphatic rings. The molecule has 3 heteroatoms. The Bertz CT molecular complexity index is 269. The van der Waals surface area contributed by atoms with E-state index >= 15 is 0 Å². The van der Waals surface area contributed by atoms with E-state index in [1.807, 2.05) is 0 Å². The van der Waals surface area contributed by atoms with Crippen LogP contribution < -0.4 is 5.73 Å². The molecule has 2 fully saturated rings. The molecule has 2 N–H and O–H groups in total. The molecule has 0 aromatic carbocycles. The minimum atomic E-state index is 0.259. The van der Waals surface area contributed by atoms with Gasteiger partial charge in [-0.3, -0.25) is 4.90 Å². The van der Waals surface area contributed by atoms with E-state index in [1.54, 1.807) is 0 Å². The first kappa shape index (κ1) is 15.3. The molecule has 1 aliphatic heterocycles. The molecule has 1 heterocycles. The van der Waals surface area contributed by atoms with Crippen LogP contribution in [-0.4, -0.2) is 43.3 Å². The summed E-state index contributed by atoms with van der Waals surface area (Å²) in [5, 5.41) is 0. The third-order valence-corrected chi connectivity index (χ3v) is 5.41. The molecule has 3 nitrogen and oxygen atoms in total. The zero-order valence-electron chi connectivity index (χ0n) is 13.1. The van der Waals surface area contributed by atoms with Crippen LogP contribution in [0.1, 0.15) is 52.9 Å². The van der Waals surface area contributed by atoms with Crippen LogP contribution in [0.2, 0.25) is 0 Å². The number of rotatable bonds is 2. The van der Waals surface area contributed by atoms with Gasteiger partial charge in [0.1, 0.15) is 0 Å². The molecule has 1 saturated carbocycles. The molecule has 0 spiro atoms. The Kier molecular flexibility index (Phi) is 4.91.